The van der Waals surface area contributed by atoms with Gasteiger partial charge in [-0.15, -0.1) is 0 Å². The Kier molecular flexibility index (Phi) is 5.69. The second-order valence-corrected chi connectivity index (χ2v) is 5.80. The van der Waals surface area contributed by atoms with Gasteiger partial charge in [0, 0.05) is 25.8 Å². The fourth-order valence-electron chi connectivity index (χ4n) is 1.65. The molecule has 1 atom stereocenters. The molecule has 20 heavy (non-hydrogen) atoms. The maximum absolute atomic E-state index is 12.1. The summed E-state index contributed by atoms with van der Waals surface area (Å²) in [5, 5.41) is 17.7. The van der Waals surface area contributed by atoms with Gasteiger partial charge in [-0.25, -0.2) is 17.9 Å². The Morgan fingerprint density at radius 1 is 1.55 bits per heavy atom. The Hall–Kier alpha value is -1.42. The third-order valence-electron chi connectivity index (χ3n) is 2.54. The van der Waals surface area contributed by atoms with Gasteiger partial charge in [-0.1, -0.05) is 0 Å². The molecule has 1 heterocycles. The smallest absolute Gasteiger partial charge is 0.371 e. The fourth-order valence-corrected chi connectivity index (χ4v) is 3.09. The molecular formula is C11H17NO7S. The Morgan fingerprint density at radius 2 is 2.20 bits per heavy atom. The molecule has 1 aromatic rings. The van der Waals surface area contributed by atoms with Crippen molar-refractivity contribution in [3.63, 3.8) is 0 Å². The first-order valence-electron chi connectivity index (χ1n) is 5.77. The van der Waals surface area contributed by atoms with Crippen LogP contribution in [0.15, 0.2) is 15.4 Å². The van der Waals surface area contributed by atoms with E-state index in [1.165, 1.54) is 14.0 Å². The summed E-state index contributed by atoms with van der Waals surface area (Å²) >= 11 is 0. The number of rotatable bonds is 8. The van der Waals surface area contributed by atoms with E-state index in [0.717, 1.165) is 6.07 Å². The third kappa shape index (κ3) is 4.04. The number of aliphatic hydroxyl groups excluding tert-OH is 1. The zero-order chi connectivity index (χ0) is 15.3. The molecule has 0 aliphatic rings. The predicted octanol–water partition coefficient (Wildman–Crippen LogP) is -0.0381. The molecule has 0 amide bonds. The minimum absolute atomic E-state index is 0.0185. The fraction of sp³-hybridized carbons (Fsp3) is 0.545. The molecule has 0 saturated heterocycles. The number of sulfonamides is 1. The monoisotopic (exact) mass is 307 g/mol. The van der Waals surface area contributed by atoms with E-state index in [0.29, 0.717) is 0 Å². The van der Waals surface area contributed by atoms with Crippen LogP contribution in [-0.4, -0.2) is 51.0 Å². The number of hydrogen-bond donors (Lipinski definition) is 3. The van der Waals surface area contributed by atoms with Crippen molar-refractivity contribution >= 4 is 16.0 Å². The molecule has 0 aromatic carbocycles. The summed E-state index contributed by atoms with van der Waals surface area (Å²) in [5.74, 6) is -1.82. The third-order valence-corrected chi connectivity index (χ3v) is 4.17. The number of hydrogen-bond acceptors (Lipinski definition) is 6. The standard InChI is InChI=1S/C11H17NO7S/c1-7-10(5-9(19-7)11(14)15)20(16,17)12-8(3-4-13)6-18-2/h5,8,12-13H,3-4,6H2,1-2H3,(H,14,15). The van der Waals surface area contributed by atoms with Crippen molar-refractivity contribution in [2.75, 3.05) is 20.3 Å². The molecule has 0 spiro atoms. The van der Waals surface area contributed by atoms with Crippen molar-refractivity contribution < 1.29 is 32.6 Å². The zero-order valence-corrected chi connectivity index (χ0v) is 11.9. The van der Waals surface area contributed by atoms with E-state index in [2.05, 4.69) is 4.72 Å². The molecule has 0 bridgehead atoms. The molecule has 8 nitrogen and oxygen atoms in total. The van der Waals surface area contributed by atoms with E-state index in [1.807, 2.05) is 0 Å². The van der Waals surface area contributed by atoms with Crippen molar-refractivity contribution in [1.29, 1.82) is 0 Å². The van der Waals surface area contributed by atoms with Crippen LogP contribution in [0.1, 0.15) is 22.7 Å². The zero-order valence-electron chi connectivity index (χ0n) is 11.1. The number of aromatic carboxylic acids is 1. The highest BCUT2D eigenvalue weighted by Crippen LogP contribution is 2.20. The lowest BCUT2D eigenvalue weighted by molar-refractivity contribution is 0.0661. The number of methoxy groups -OCH3 is 1. The van der Waals surface area contributed by atoms with Crippen LogP contribution in [0.5, 0.6) is 0 Å². The minimum Gasteiger partial charge on any atom is -0.475 e. The highest BCUT2D eigenvalue weighted by molar-refractivity contribution is 7.89. The molecular weight excluding hydrogens is 290 g/mol. The van der Waals surface area contributed by atoms with E-state index in [-0.39, 0.29) is 30.3 Å². The molecule has 1 rings (SSSR count). The van der Waals surface area contributed by atoms with Crippen LogP contribution in [0.2, 0.25) is 0 Å². The summed E-state index contributed by atoms with van der Waals surface area (Å²) in [6.07, 6.45) is 0.176. The summed E-state index contributed by atoms with van der Waals surface area (Å²) in [6.45, 7) is 1.24. The van der Waals surface area contributed by atoms with E-state index in [9.17, 15) is 13.2 Å². The number of furan rings is 1. The van der Waals surface area contributed by atoms with E-state index >= 15 is 0 Å². The van der Waals surface area contributed by atoms with E-state index in [4.69, 9.17) is 19.4 Å². The van der Waals surface area contributed by atoms with E-state index in [1.54, 1.807) is 0 Å². The molecule has 0 aliphatic heterocycles. The average molecular weight is 307 g/mol. The van der Waals surface area contributed by atoms with Crippen molar-refractivity contribution in [2.45, 2.75) is 24.3 Å². The largest absolute Gasteiger partial charge is 0.475 e. The quantitative estimate of drug-likeness (QED) is 0.615. The van der Waals surface area contributed by atoms with Gasteiger partial charge in [-0.05, 0) is 13.3 Å². The van der Waals surface area contributed by atoms with Gasteiger partial charge in [-0.3, -0.25) is 0 Å². The highest BCUT2D eigenvalue weighted by Gasteiger charge is 2.26. The Morgan fingerprint density at radius 3 is 2.65 bits per heavy atom. The van der Waals surface area contributed by atoms with Crippen molar-refractivity contribution in [2.24, 2.45) is 0 Å². The first-order valence-corrected chi connectivity index (χ1v) is 7.26. The number of carboxylic acid groups (broad SMARTS) is 1. The van der Waals surface area contributed by atoms with Crippen LogP contribution >= 0.6 is 0 Å². The summed E-state index contributed by atoms with van der Waals surface area (Å²) in [5.41, 5.74) is 0. The maximum atomic E-state index is 12.1. The molecule has 0 aliphatic carbocycles. The number of carbonyl (C=O) groups is 1. The Bertz CT molecular complexity index is 557. The summed E-state index contributed by atoms with van der Waals surface area (Å²) < 4.78 is 36.4. The van der Waals surface area contributed by atoms with Gasteiger partial charge in [0.25, 0.3) is 0 Å². The van der Waals surface area contributed by atoms with Crippen molar-refractivity contribution in [3.8, 4) is 0 Å². The topological polar surface area (TPSA) is 126 Å². The second kappa shape index (κ2) is 6.84. The molecule has 114 valence electrons. The van der Waals surface area contributed by atoms with Gasteiger partial charge in [0.15, 0.2) is 0 Å². The molecule has 1 unspecified atom stereocenters. The number of carboxylic acids is 1. The summed E-state index contributed by atoms with van der Waals surface area (Å²) in [7, 11) is -2.54. The minimum atomic E-state index is -3.95. The van der Waals surface area contributed by atoms with Crippen LogP contribution in [0, 0.1) is 6.92 Å². The molecule has 3 N–H and O–H groups in total. The van der Waals surface area contributed by atoms with Crippen molar-refractivity contribution in [3.05, 3.63) is 17.6 Å². The SMILES string of the molecule is COCC(CCO)NS(=O)(=O)c1cc(C(=O)O)oc1C. The lowest BCUT2D eigenvalue weighted by atomic mass is 10.2. The Balaban J connectivity index is 3.00. The normalized spacial score (nSPS) is 13.3. The second-order valence-electron chi connectivity index (χ2n) is 4.12. The van der Waals surface area contributed by atoms with Crippen LogP contribution in [0.4, 0.5) is 0 Å². The molecule has 0 radical (unpaired) electrons. The molecule has 9 heteroatoms. The molecule has 0 fully saturated rings. The summed E-state index contributed by atoms with van der Waals surface area (Å²) in [6, 6.07) is 0.334. The van der Waals surface area contributed by atoms with E-state index < -0.39 is 27.8 Å². The molecule has 0 saturated carbocycles. The van der Waals surface area contributed by atoms with Crippen LogP contribution in [-0.2, 0) is 14.8 Å². The predicted molar refractivity (Wildman–Crippen MR) is 68.1 cm³/mol. The van der Waals surface area contributed by atoms with Gasteiger partial charge >= 0.3 is 5.97 Å². The highest BCUT2D eigenvalue weighted by atomic mass is 32.2. The van der Waals surface area contributed by atoms with Gasteiger partial charge in [-0.2, -0.15) is 0 Å². The average Bonchev–Trinajstić information content (AvgIpc) is 2.72. The van der Waals surface area contributed by atoms with Crippen LogP contribution in [0.25, 0.3) is 0 Å². The van der Waals surface area contributed by atoms with Gasteiger partial charge in [0.1, 0.15) is 10.7 Å². The first kappa shape index (κ1) is 16.6. The number of ether oxygens (including phenoxy) is 1. The lowest BCUT2D eigenvalue weighted by Gasteiger charge is -2.16. The maximum Gasteiger partial charge on any atom is 0.371 e. The van der Waals surface area contributed by atoms with Crippen LogP contribution in [0.3, 0.4) is 0 Å². The Labute approximate surface area is 116 Å². The number of nitrogens with one attached hydrogen (secondary N) is 1. The number of aryl methyl sites for hydroxylation is 1. The van der Waals surface area contributed by atoms with Gasteiger partial charge < -0.3 is 19.4 Å². The summed E-state index contributed by atoms with van der Waals surface area (Å²) in [4.78, 5) is 10.5. The van der Waals surface area contributed by atoms with Crippen LogP contribution < -0.4 is 4.72 Å². The van der Waals surface area contributed by atoms with Gasteiger partial charge in [0.2, 0.25) is 15.8 Å². The van der Waals surface area contributed by atoms with Gasteiger partial charge in [0.05, 0.1) is 6.61 Å². The first-order chi connectivity index (χ1) is 9.31. The van der Waals surface area contributed by atoms with Crippen molar-refractivity contribution in [1.82, 2.24) is 4.72 Å². The number of aliphatic hydroxyl groups is 1. The lowest BCUT2D eigenvalue weighted by Crippen LogP contribution is -2.38. The molecule has 1 aromatic heterocycles.